The van der Waals surface area contributed by atoms with Gasteiger partial charge in [0, 0.05) is 68.8 Å². The standard InChI is InChI=1S/C23H28N8/c1-28-8-10-30(11-9-28)17-3-6-29(7-4-17)18-12-26-23-21(14-27-31(23)16-18)19-2-5-25-22-15-24-13-20(19)22/h2,5,12,14-17H,3-4,6-11,13H2,1H3. The van der Waals surface area contributed by atoms with Crippen LogP contribution in [0.5, 0.6) is 0 Å². The summed E-state index contributed by atoms with van der Waals surface area (Å²) < 4.78 is 1.92. The summed E-state index contributed by atoms with van der Waals surface area (Å²) >= 11 is 0. The summed E-state index contributed by atoms with van der Waals surface area (Å²) in [5, 5.41) is 4.62. The topological polar surface area (TPSA) is 65.2 Å². The average Bonchev–Trinajstić information content (AvgIpc) is 3.46. The Balaban J connectivity index is 1.19. The molecule has 8 heteroatoms. The van der Waals surface area contributed by atoms with Crippen LogP contribution in [-0.4, -0.2) is 88.0 Å². The summed E-state index contributed by atoms with van der Waals surface area (Å²) in [6.07, 6.45) is 12.2. The number of piperidine rings is 1. The number of aromatic nitrogens is 4. The molecule has 8 nitrogen and oxygen atoms in total. The molecule has 0 spiro atoms. The Bertz CT molecular complexity index is 1120. The van der Waals surface area contributed by atoms with E-state index < -0.39 is 0 Å². The van der Waals surface area contributed by atoms with Crippen molar-refractivity contribution in [1.82, 2.24) is 29.4 Å². The van der Waals surface area contributed by atoms with E-state index in [1.807, 2.05) is 35.4 Å². The van der Waals surface area contributed by atoms with Gasteiger partial charge in [0.05, 0.1) is 36.5 Å². The van der Waals surface area contributed by atoms with E-state index >= 15 is 0 Å². The quantitative estimate of drug-likeness (QED) is 0.650. The molecule has 3 aromatic rings. The average molecular weight is 417 g/mol. The number of piperazine rings is 1. The Morgan fingerprint density at radius 3 is 2.61 bits per heavy atom. The van der Waals surface area contributed by atoms with Crippen molar-refractivity contribution in [3.63, 3.8) is 0 Å². The number of nitrogens with zero attached hydrogens (tertiary/aromatic N) is 8. The molecule has 6 rings (SSSR count). The van der Waals surface area contributed by atoms with Crippen molar-refractivity contribution in [2.45, 2.75) is 25.4 Å². The Morgan fingerprint density at radius 2 is 1.77 bits per heavy atom. The van der Waals surface area contributed by atoms with Gasteiger partial charge in [-0.05, 0) is 31.5 Å². The molecule has 0 aliphatic carbocycles. The van der Waals surface area contributed by atoms with E-state index in [9.17, 15) is 0 Å². The molecule has 0 saturated carbocycles. The van der Waals surface area contributed by atoms with Crippen LogP contribution < -0.4 is 4.90 Å². The van der Waals surface area contributed by atoms with Gasteiger partial charge in [-0.15, -0.1) is 0 Å². The second-order valence-electron chi connectivity index (χ2n) is 8.89. The fourth-order valence-corrected chi connectivity index (χ4v) is 5.16. The lowest BCUT2D eigenvalue weighted by Gasteiger charge is -2.42. The highest BCUT2D eigenvalue weighted by Gasteiger charge is 2.27. The molecular weight excluding hydrogens is 388 g/mol. The third kappa shape index (κ3) is 3.40. The number of hydrogen-bond acceptors (Lipinski definition) is 7. The van der Waals surface area contributed by atoms with E-state index in [-0.39, 0.29) is 0 Å². The van der Waals surface area contributed by atoms with Gasteiger partial charge < -0.3 is 9.80 Å². The van der Waals surface area contributed by atoms with Gasteiger partial charge >= 0.3 is 0 Å². The zero-order valence-electron chi connectivity index (χ0n) is 18.0. The molecule has 0 radical (unpaired) electrons. The first-order valence-corrected chi connectivity index (χ1v) is 11.3. The first kappa shape index (κ1) is 18.9. The minimum Gasteiger partial charge on any atom is -0.369 e. The van der Waals surface area contributed by atoms with E-state index in [4.69, 9.17) is 4.98 Å². The van der Waals surface area contributed by atoms with Crippen LogP contribution in [0, 0.1) is 0 Å². The molecule has 0 aromatic carbocycles. The van der Waals surface area contributed by atoms with Crippen molar-refractivity contribution >= 4 is 17.5 Å². The third-order valence-corrected chi connectivity index (χ3v) is 7.07. The Hall–Kier alpha value is -2.84. The van der Waals surface area contributed by atoms with Gasteiger partial charge in [0.25, 0.3) is 0 Å². The number of aliphatic imine (C=N–C) groups is 1. The van der Waals surface area contributed by atoms with Crippen LogP contribution in [0.15, 0.2) is 35.8 Å². The maximum absolute atomic E-state index is 4.82. The van der Waals surface area contributed by atoms with Gasteiger partial charge in [-0.25, -0.2) is 9.50 Å². The van der Waals surface area contributed by atoms with Crippen LogP contribution in [0.4, 0.5) is 5.69 Å². The molecule has 6 heterocycles. The zero-order chi connectivity index (χ0) is 20.8. The van der Waals surface area contributed by atoms with Crippen LogP contribution in [0.1, 0.15) is 24.1 Å². The van der Waals surface area contributed by atoms with Crippen LogP contribution in [-0.2, 0) is 6.54 Å². The first-order chi connectivity index (χ1) is 15.3. The van der Waals surface area contributed by atoms with E-state index in [0.717, 1.165) is 46.8 Å². The van der Waals surface area contributed by atoms with Crippen molar-refractivity contribution in [1.29, 1.82) is 0 Å². The van der Waals surface area contributed by atoms with Gasteiger partial charge in [0.15, 0.2) is 5.65 Å². The SMILES string of the molecule is CN1CCN(C2CCN(c3cnc4c(-c5ccnc6c5CN=C6)cnn4c3)CC2)CC1. The molecule has 160 valence electrons. The monoisotopic (exact) mass is 416 g/mol. The van der Waals surface area contributed by atoms with E-state index in [2.05, 4.69) is 43.0 Å². The number of rotatable bonds is 3. The van der Waals surface area contributed by atoms with Crippen LogP contribution in [0.25, 0.3) is 16.8 Å². The van der Waals surface area contributed by atoms with Crippen molar-refractivity contribution in [3.05, 3.63) is 42.1 Å². The van der Waals surface area contributed by atoms with Crippen LogP contribution in [0.2, 0.25) is 0 Å². The summed E-state index contributed by atoms with van der Waals surface area (Å²) in [4.78, 5) is 21.2. The van der Waals surface area contributed by atoms with E-state index in [1.54, 1.807) is 0 Å². The largest absolute Gasteiger partial charge is 0.369 e. The van der Waals surface area contributed by atoms with Crippen molar-refractivity contribution in [2.75, 3.05) is 51.2 Å². The summed E-state index contributed by atoms with van der Waals surface area (Å²) in [6, 6.07) is 2.76. The van der Waals surface area contributed by atoms with E-state index in [0.29, 0.717) is 12.6 Å². The molecule has 31 heavy (non-hydrogen) atoms. The molecule has 2 saturated heterocycles. The van der Waals surface area contributed by atoms with Gasteiger partial charge in [-0.1, -0.05) is 0 Å². The number of hydrogen-bond donors (Lipinski definition) is 0. The summed E-state index contributed by atoms with van der Waals surface area (Å²) in [6.45, 7) is 7.62. The summed E-state index contributed by atoms with van der Waals surface area (Å²) in [5.74, 6) is 0. The fraction of sp³-hybridized carbons (Fsp3) is 0.478. The second-order valence-corrected chi connectivity index (χ2v) is 8.89. The number of fused-ring (bicyclic) bond motifs is 2. The number of pyridine rings is 1. The van der Waals surface area contributed by atoms with Gasteiger partial charge in [-0.3, -0.25) is 14.9 Å². The maximum atomic E-state index is 4.82. The number of anilines is 1. The molecule has 0 bridgehead atoms. The number of likely N-dealkylation sites (N-methyl/N-ethyl adjacent to an activating group) is 1. The molecule has 0 N–H and O–H groups in total. The molecule has 0 atom stereocenters. The zero-order valence-corrected chi connectivity index (χ0v) is 18.0. The molecule has 3 aliphatic rings. The lowest BCUT2D eigenvalue weighted by atomic mass is 10.0. The fourth-order valence-electron chi connectivity index (χ4n) is 5.16. The Labute approximate surface area is 182 Å². The predicted octanol–water partition coefficient (Wildman–Crippen LogP) is 1.94. The van der Waals surface area contributed by atoms with Crippen molar-refractivity contribution in [3.8, 4) is 11.1 Å². The van der Waals surface area contributed by atoms with Crippen molar-refractivity contribution < 1.29 is 0 Å². The van der Waals surface area contributed by atoms with Gasteiger partial charge in [0.2, 0.25) is 0 Å². The molecule has 0 amide bonds. The smallest absolute Gasteiger partial charge is 0.162 e. The van der Waals surface area contributed by atoms with Gasteiger partial charge in [-0.2, -0.15) is 5.10 Å². The highest BCUT2D eigenvalue weighted by atomic mass is 15.3. The minimum atomic E-state index is 0.677. The normalized spacial score (nSPS) is 20.6. The summed E-state index contributed by atoms with van der Waals surface area (Å²) in [5.41, 5.74) is 6.33. The van der Waals surface area contributed by atoms with Gasteiger partial charge in [0.1, 0.15) is 0 Å². The lowest BCUT2D eigenvalue weighted by molar-refractivity contribution is 0.0982. The van der Waals surface area contributed by atoms with Crippen LogP contribution in [0.3, 0.4) is 0 Å². The van der Waals surface area contributed by atoms with Crippen LogP contribution >= 0.6 is 0 Å². The molecular formula is C23H28N8. The molecule has 3 aromatic heterocycles. The predicted molar refractivity (Wildman–Crippen MR) is 122 cm³/mol. The third-order valence-electron chi connectivity index (χ3n) is 7.07. The second kappa shape index (κ2) is 7.69. The first-order valence-electron chi connectivity index (χ1n) is 11.3. The Morgan fingerprint density at radius 1 is 0.935 bits per heavy atom. The minimum absolute atomic E-state index is 0.677. The Kier molecular flexibility index (Phi) is 4.69. The molecule has 3 aliphatic heterocycles. The maximum Gasteiger partial charge on any atom is 0.162 e. The van der Waals surface area contributed by atoms with Crippen molar-refractivity contribution in [2.24, 2.45) is 4.99 Å². The highest BCUT2D eigenvalue weighted by Crippen LogP contribution is 2.31. The van der Waals surface area contributed by atoms with E-state index in [1.165, 1.54) is 39.0 Å². The highest BCUT2D eigenvalue weighted by molar-refractivity contribution is 5.89. The summed E-state index contributed by atoms with van der Waals surface area (Å²) in [7, 11) is 2.22. The lowest BCUT2D eigenvalue weighted by Crippen LogP contribution is -2.52. The molecule has 2 fully saturated rings. The molecule has 0 unspecified atom stereocenters.